The molecule has 0 radical (unpaired) electrons. The van der Waals surface area contributed by atoms with Crippen molar-refractivity contribution in [3.05, 3.63) is 29.3 Å². The van der Waals surface area contributed by atoms with E-state index in [9.17, 15) is 4.79 Å². The van der Waals surface area contributed by atoms with Crippen LogP contribution in [0.5, 0.6) is 0 Å². The van der Waals surface area contributed by atoms with Crippen molar-refractivity contribution >= 4 is 11.7 Å². The summed E-state index contributed by atoms with van der Waals surface area (Å²) in [6.45, 7) is 7.33. The van der Waals surface area contributed by atoms with Gasteiger partial charge in [-0.25, -0.2) is 4.79 Å². The van der Waals surface area contributed by atoms with Crippen molar-refractivity contribution in [2.45, 2.75) is 52.9 Å². The first kappa shape index (κ1) is 16.5. The lowest BCUT2D eigenvalue weighted by Crippen LogP contribution is -2.08. The van der Waals surface area contributed by atoms with Crippen molar-refractivity contribution in [2.75, 3.05) is 11.9 Å². The molecule has 0 unspecified atom stereocenters. The molecule has 0 amide bonds. The molecule has 0 bridgehead atoms. The Hall–Kier alpha value is -1.51. The van der Waals surface area contributed by atoms with Crippen molar-refractivity contribution in [2.24, 2.45) is 5.92 Å². The van der Waals surface area contributed by atoms with Crippen LogP contribution in [0.3, 0.4) is 0 Å². The Morgan fingerprint density at radius 1 is 1.20 bits per heavy atom. The largest absolute Gasteiger partial charge is 0.478 e. The minimum Gasteiger partial charge on any atom is -0.478 e. The summed E-state index contributed by atoms with van der Waals surface area (Å²) in [4.78, 5) is 11.1. The lowest BCUT2D eigenvalue weighted by molar-refractivity contribution is 0.0698. The van der Waals surface area contributed by atoms with Gasteiger partial charge in [-0.2, -0.15) is 0 Å². The van der Waals surface area contributed by atoms with Gasteiger partial charge in [0.05, 0.1) is 5.56 Å². The van der Waals surface area contributed by atoms with Crippen LogP contribution in [-0.4, -0.2) is 17.6 Å². The van der Waals surface area contributed by atoms with E-state index in [1.54, 1.807) is 6.07 Å². The molecule has 0 aliphatic carbocycles. The first-order chi connectivity index (χ1) is 9.50. The molecule has 0 atom stereocenters. The Bertz CT molecular complexity index is 427. The monoisotopic (exact) mass is 277 g/mol. The van der Waals surface area contributed by atoms with Crippen LogP contribution in [0.1, 0.15) is 61.9 Å². The second kappa shape index (κ2) is 8.62. The average molecular weight is 277 g/mol. The van der Waals surface area contributed by atoms with E-state index in [2.05, 4.69) is 19.2 Å². The number of aromatic carboxylic acids is 1. The van der Waals surface area contributed by atoms with Crippen molar-refractivity contribution in [3.63, 3.8) is 0 Å². The fraction of sp³-hybridized carbons (Fsp3) is 0.588. The van der Waals surface area contributed by atoms with Crippen molar-refractivity contribution < 1.29 is 9.90 Å². The van der Waals surface area contributed by atoms with Gasteiger partial charge in [-0.05, 0) is 37.0 Å². The highest BCUT2D eigenvalue weighted by molar-refractivity contribution is 5.94. The SMILES string of the molecule is Cc1ccc(C(=O)O)c(NCCCCCCC(C)C)c1. The van der Waals surface area contributed by atoms with Gasteiger partial charge in [0.2, 0.25) is 0 Å². The Morgan fingerprint density at radius 2 is 1.90 bits per heavy atom. The summed E-state index contributed by atoms with van der Waals surface area (Å²) in [6, 6.07) is 5.41. The second-order valence-electron chi connectivity index (χ2n) is 5.88. The number of carboxylic acid groups (broad SMARTS) is 1. The number of nitrogens with one attached hydrogen (secondary N) is 1. The van der Waals surface area contributed by atoms with Crippen LogP contribution in [0.15, 0.2) is 18.2 Å². The minimum absolute atomic E-state index is 0.357. The summed E-state index contributed by atoms with van der Waals surface area (Å²) in [6.07, 6.45) is 6.15. The summed E-state index contributed by atoms with van der Waals surface area (Å²) in [7, 11) is 0. The number of benzene rings is 1. The molecule has 3 heteroatoms. The van der Waals surface area contributed by atoms with Crippen molar-refractivity contribution in [1.29, 1.82) is 0 Å². The summed E-state index contributed by atoms with van der Waals surface area (Å²) >= 11 is 0. The molecule has 0 aliphatic heterocycles. The number of hydrogen-bond donors (Lipinski definition) is 2. The molecule has 0 aromatic heterocycles. The maximum absolute atomic E-state index is 11.1. The van der Waals surface area contributed by atoms with Gasteiger partial charge in [0.15, 0.2) is 0 Å². The zero-order chi connectivity index (χ0) is 15.0. The van der Waals surface area contributed by atoms with Gasteiger partial charge in [-0.3, -0.25) is 0 Å². The molecule has 0 heterocycles. The van der Waals surface area contributed by atoms with Gasteiger partial charge < -0.3 is 10.4 Å². The number of anilines is 1. The van der Waals surface area contributed by atoms with E-state index in [4.69, 9.17) is 5.11 Å². The quantitative estimate of drug-likeness (QED) is 0.642. The second-order valence-corrected chi connectivity index (χ2v) is 5.88. The molecule has 0 saturated carbocycles. The van der Waals surface area contributed by atoms with E-state index in [-0.39, 0.29) is 0 Å². The average Bonchev–Trinajstić information content (AvgIpc) is 2.37. The van der Waals surface area contributed by atoms with E-state index in [1.165, 1.54) is 25.7 Å². The molecular weight excluding hydrogens is 250 g/mol. The van der Waals surface area contributed by atoms with Crippen molar-refractivity contribution in [3.8, 4) is 0 Å². The van der Waals surface area contributed by atoms with Gasteiger partial charge in [0, 0.05) is 12.2 Å². The lowest BCUT2D eigenvalue weighted by Gasteiger charge is -2.10. The molecule has 20 heavy (non-hydrogen) atoms. The van der Waals surface area contributed by atoms with Crippen LogP contribution in [0.4, 0.5) is 5.69 Å². The molecule has 0 saturated heterocycles. The summed E-state index contributed by atoms with van der Waals surface area (Å²) in [5, 5.41) is 12.4. The van der Waals surface area contributed by atoms with Gasteiger partial charge >= 0.3 is 5.97 Å². The standard InChI is InChI=1S/C17H27NO2/c1-13(2)8-6-4-5-7-11-18-16-12-14(3)9-10-15(16)17(19)20/h9-10,12-13,18H,4-8,11H2,1-3H3,(H,19,20). The summed E-state index contributed by atoms with van der Waals surface area (Å²) in [5.74, 6) is -0.0806. The highest BCUT2D eigenvalue weighted by atomic mass is 16.4. The van der Waals surface area contributed by atoms with Gasteiger partial charge in [0.1, 0.15) is 0 Å². The number of hydrogen-bond acceptors (Lipinski definition) is 2. The minimum atomic E-state index is -0.871. The fourth-order valence-corrected chi connectivity index (χ4v) is 2.25. The van der Waals surface area contributed by atoms with Crippen LogP contribution in [-0.2, 0) is 0 Å². The van der Waals surface area contributed by atoms with Gasteiger partial charge in [-0.1, -0.05) is 45.6 Å². The van der Waals surface area contributed by atoms with Crippen LogP contribution in [0, 0.1) is 12.8 Å². The molecule has 1 aromatic carbocycles. The lowest BCUT2D eigenvalue weighted by atomic mass is 10.0. The number of carbonyl (C=O) groups is 1. The Morgan fingerprint density at radius 3 is 2.55 bits per heavy atom. The zero-order valence-electron chi connectivity index (χ0n) is 12.9. The maximum Gasteiger partial charge on any atom is 0.337 e. The highest BCUT2D eigenvalue weighted by Crippen LogP contribution is 2.18. The predicted octanol–water partition coefficient (Wildman–Crippen LogP) is 4.71. The third kappa shape index (κ3) is 6.09. The van der Waals surface area contributed by atoms with Crippen LogP contribution >= 0.6 is 0 Å². The molecule has 1 aromatic rings. The molecule has 2 N–H and O–H groups in total. The Balaban J connectivity index is 2.31. The highest BCUT2D eigenvalue weighted by Gasteiger charge is 2.09. The van der Waals surface area contributed by atoms with Gasteiger partial charge in [0.25, 0.3) is 0 Å². The summed E-state index contributed by atoms with van der Waals surface area (Å²) in [5.41, 5.74) is 2.17. The molecule has 0 spiro atoms. The normalized spacial score (nSPS) is 10.8. The van der Waals surface area contributed by atoms with Crippen molar-refractivity contribution in [1.82, 2.24) is 0 Å². The molecule has 1 rings (SSSR count). The Kier molecular flexibility index (Phi) is 7.13. The first-order valence-corrected chi connectivity index (χ1v) is 7.58. The van der Waals surface area contributed by atoms with Crippen LogP contribution in [0.2, 0.25) is 0 Å². The van der Waals surface area contributed by atoms with Crippen LogP contribution < -0.4 is 5.32 Å². The third-order valence-electron chi connectivity index (χ3n) is 3.43. The zero-order valence-corrected chi connectivity index (χ0v) is 12.9. The maximum atomic E-state index is 11.1. The molecular formula is C17H27NO2. The van der Waals surface area contributed by atoms with E-state index in [1.807, 2.05) is 19.1 Å². The molecule has 112 valence electrons. The van der Waals surface area contributed by atoms with Crippen LogP contribution in [0.25, 0.3) is 0 Å². The molecule has 0 aliphatic rings. The van der Waals surface area contributed by atoms with E-state index >= 15 is 0 Å². The van der Waals surface area contributed by atoms with Gasteiger partial charge in [-0.15, -0.1) is 0 Å². The topological polar surface area (TPSA) is 49.3 Å². The number of aryl methyl sites for hydroxylation is 1. The van der Waals surface area contributed by atoms with E-state index < -0.39 is 5.97 Å². The Labute approximate surface area is 122 Å². The number of carboxylic acids is 1. The first-order valence-electron chi connectivity index (χ1n) is 7.58. The molecule has 3 nitrogen and oxygen atoms in total. The van der Waals surface area contributed by atoms with E-state index in [0.29, 0.717) is 5.56 Å². The number of rotatable bonds is 9. The summed E-state index contributed by atoms with van der Waals surface area (Å²) < 4.78 is 0. The smallest absolute Gasteiger partial charge is 0.337 e. The number of unbranched alkanes of at least 4 members (excludes halogenated alkanes) is 3. The molecule has 0 fully saturated rings. The third-order valence-corrected chi connectivity index (χ3v) is 3.43. The van der Waals surface area contributed by atoms with E-state index in [0.717, 1.165) is 30.1 Å². The predicted molar refractivity (Wildman–Crippen MR) is 84.6 cm³/mol. The fourth-order valence-electron chi connectivity index (χ4n) is 2.25.